The van der Waals surface area contributed by atoms with Gasteiger partial charge < -0.3 is 15.5 Å². The van der Waals surface area contributed by atoms with E-state index in [2.05, 4.69) is 15.6 Å². The summed E-state index contributed by atoms with van der Waals surface area (Å²) in [6, 6.07) is 8.97. The first-order valence-corrected chi connectivity index (χ1v) is 8.22. The van der Waals surface area contributed by atoms with Crippen molar-refractivity contribution in [3.63, 3.8) is 0 Å². The number of aliphatic hydroxyl groups excluding tert-OH is 2. The van der Waals surface area contributed by atoms with E-state index in [9.17, 15) is 15.0 Å². The largest absolute Gasteiger partial charge is 0.390 e. The van der Waals surface area contributed by atoms with Crippen molar-refractivity contribution in [1.29, 1.82) is 0 Å². The molecule has 1 aliphatic carbocycles. The maximum absolute atomic E-state index is 12.5. The highest BCUT2D eigenvalue weighted by Gasteiger charge is 2.31. The summed E-state index contributed by atoms with van der Waals surface area (Å²) in [5.74, 6) is -0.382. The Balaban J connectivity index is 1.77. The number of amides is 1. The lowest BCUT2D eigenvalue weighted by molar-refractivity contribution is -0.00129. The number of carbonyl (C=O) groups is 1. The van der Waals surface area contributed by atoms with Crippen molar-refractivity contribution in [3.8, 4) is 5.69 Å². The molecule has 24 heavy (non-hydrogen) atoms. The van der Waals surface area contributed by atoms with E-state index in [1.165, 1.54) is 0 Å². The molecule has 1 aromatic carbocycles. The maximum atomic E-state index is 12.5. The van der Waals surface area contributed by atoms with Crippen molar-refractivity contribution in [1.82, 2.24) is 20.3 Å². The molecule has 1 aromatic heterocycles. The molecular weight excluding hydrogens is 308 g/mol. The molecular formula is C17H22N4O3. The molecule has 128 valence electrons. The van der Waals surface area contributed by atoms with Crippen LogP contribution in [0, 0.1) is 6.92 Å². The standard InChI is InChI=1S/C17H22N4O3/c1-11-15(19-20-21(11)12-7-3-2-4-8-12)17(24)18-13-9-5-6-10-14(22)16(13)23/h2-4,7-8,13-14,16,22-23H,5-6,9-10H2,1H3,(H,18,24)/t13-,14-,16-/m1/s1. The molecule has 1 saturated carbocycles. The topological polar surface area (TPSA) is 100 Å². The highest BCUT2D eigenvalue weighted by atomic mass is 16.3. The summed E-state index contributed by atoms with van der Waals surface area (Å²) in [6.45, 7) is 1.78. The number of rotatable bonds is 3. The van der Waals surface area contributed by atoms with Crippen molar-refractivity contribution < 1.29 is 15.0 Å². The van der Waals surface area contributed by atoms with Gasteiger partial charge in [-0.2, -0.15) is 0 Å². The molecule has 1 aliphatic rings. The quantitative estimate of drug-likeness (QED) is 0.728. The number of aliphatic hydroxyl groups is 2. The van der Waals surface area contributed by atoms with E-state index in [1.807, 2.05) is 30.3 Å². The van der Waals surface area contributed by atoms with Crippen molar-refractivity contribution >= 4 is 5.91 Å². The molecule has 0 radical (unpaired) electrons. The lowest BCUT2D eigenvalue weighted by Crippen LogP contribution is -2.47. The molecule has 1 heterocycles. The summed E-state index contributed by atoms with van der Waals surface area (Å²) in [7, 11) is 0. The average Bonchev–Trinajstić information content (AvgIpc) is 2.91. The fourth-order valence-corrected chi connectivity index (χ4v) is 3.08. The Kier molecular flexibility index (Phi) is 4.92. The lowest BCUT2D eigenvalue weighted by atomic mass is 10.0. The summed E-state index contributed by atoms with van der Waals surface area (Å²) in [5.41, 5.74) is 1.68. The highest BCUT2D eigenvalue weighted by Crippen LogP contribution is 2.19. The average molecular weight is 330 g/mol. The van der Waals surface area contributed by atoms with Gasteiger partial charge in [0.15, 0.2) is 5.69 Å². The van der Waals surface area contributed by atoms with E-state index in [0.717, 1.165) is 18.5 Å². The highest BCUT2D eigenvalue weighted by molar-refractivity contribution is 5.93. The number of nitrogens with one attached hydrogen (secondary N) is 1. The van der Waals surface area contributed by atoms with Crippen LogP contribution in [0.5, 0.6) is 0 Å². The van der Waals surface area contributed by atoms with Crippen LogP contribution in [0.25, 0.3) is 5.69 Å². The van der Waals surface area contributed by atoms with E-state index in [0.29, 0.717) is 18.5 Å². The van der Waals surface area contributed by atoms with Gasteiger partial charge in [-0.05, 0) is 31.9 Å². The number of aromatic nitrogens is 3. The van der Waals surface area contributed by atoms with E-state index < -0.39 is 18.2 Å². The van der Waals surface area contributed by atoms with Crippen molar-refractivity contribution in [2.24, 2.45) is 0 Å². The molecule has 7 heteroatoms. The zero-order valence-corrected chi connectivity index (χ0v) is 13.6. The predicted octanol–water partition coefficient (Wildman–Crippen LogP) is 0.970. The third-order valence-corrected chi connectivity index (χ3v) is 4.50. The number of para-hydroxylation sites is 1. The van der Waals surface area contributed by atoms with Crippen LogP contribution in [-0.2, 0) is 0 Å². The number of benzene rings is 1. The predicted molar refractivity (Wildman–Crippen MR) is 87.8 cm³/mol. The monoisotopic (exact) mass is 330 g/mol. The molecule has 1 amide bonds. The Morgan fingerprint density at radius 1 is 1.21 bits per heavy atom. The van der Waals surface area contributed by atoms with Gasteiger partial charge in [-0.15, -0.1) is 5.10 Å². The molecule has 0 unspecified atom stereocenters. The minimum atomic E-state index is -0.957. The molecule has 0 saturated heterocycles. The molecule has 0 spiro atoms. The molecule has 0 bridgehead atoms. The van der Waals surface area contributed by atoms with Crippen molar-refractivity contribution in [2.45, 2.75) is 50.9 Å². The first-order chi connectivity index (χ1) is 11.6. The molecule has 0 aliphatic heterocycles. The first-order valence-electron chi connectivity index (χ1n) is 8.22. The van der Waals surface area contributed by atoms with Crippen LogP contribution in [0.3, 0.4) is 0 Å². The van der Waals surface area contributed by atoms with Crippen LogP contribution >= 0.6 is 0 Å². The second-order valence-electron chi connectivity index (χ2n) is 6.19. The van der Waals surface area contributed by atoms with Crippen LogP contribution in [-0.4, -0.2) is 49.4 Å². The minimum absolute atomic E-state index is 0.227. The fraction of sp³-hybridized carbons (Fsp3) is 0.471. The Morgan fingerprint density at radius 2 is 1.92 bits per heavy atom. The van der Waals surface area contributed by atoms with Gasteiger partial charge >= 0.3 is 0 Å². The van der Waals surface area contributed by atoms with E-state index >= 15 is 0 Å². The molecule has 3 rings (SSSR count). The van der Waals surface area contributed by atoms with Crippen LogP contribution < -0.4 is 5.32 Å². The van der Waals surface area contributed by atoms with Gasteiger partial charge in [-0.3, -0.25) is 4.79 Å². The Morgan fingerprint density at radius 3 is 2.67 bits per heavy atom. The summed E-state index contributed by atoms with van der Waals surface area (Å²) in [4.78, 5) is 12.5. The van der Waals surface area contributed by atoms with Gasteiger partial charge in [-0.25, -0.2) is 4.68 Å². The number of carbonyl (C=O) groups excluding carboxylic acids is 1. The normalized spacial score (nSPS) is 24.4. The summed E-state index contributed by atoms with van der Waals surface area (Å²) in [5, 5.41) is 30.9. The molecule has 2 aromatic rings. The van der Waals surface area contributed by atoms with Crippen LogP contribution in [0.4, 0.5) is 0 Å². The Labute approximate surface area is 140 Å². The minimum Gasteiger partial charge on any atom is -0.390 e. The van der Waals surface area contributed by atoms with E-state index in [1.54, 1.807) is 11.6 Å². The van der Waals surface area contributed by atoms with E-state index in [4.69, 9.17) is 0 Å². The van der Waals surface area contributed by atoms with Crippen LogP contribution in [0.1, 0.15) is 41.9 Å². The Bertz CT molecular complexity index is 701. The molecule has 1 fully saturated rings. The maximum Gasteiger partial charge on any atom is 0.274 e. The summed E-state index contributed by atoms with van der Waals surface area (Å²) < 4.78 is 1.60. The third-order valence-electron chi connectivity index (χ3n) is 4.50. The smallest absolute Gasteiger partial charge is 0.274 e. The number of nitrogens with zero attached hydrogens (tertiary/aromatic N) is 3. The molecule has 3 atom stereocenters. The van der Waals surface area contributed by atoms with Gasteiger partial charge in [0.25, 0.3) is 5.91 Å². The number of hydrogen-bond donors (Lipinski definition) is 3. The first kappa shape index (κ1) is 16.6. The zero-order valence-electron chi connectivity index (χ0n) is 13.6. The molecule has 3 N–H and O–H groups in total. The van der Waals surface area contributed by atoms with Crippen LogP contribution in [0.2, 0.25) is 0 Å². The SMILES string of the molecule is Cc1c(C(=O)N[C@@H]2CCCC[C@@H](O)[C@@H]2O)nnn1-c1ccccc1. The third kappa shape index (κ3) is 3.32. The summed E-state index contributed by atoms with van der Waals surface area (Å²) >= 11 is 0. The van der Waals surface area contributed by atoms with Gasteiger partial charge in [0.05, 0.1) is 29.6 Å². The van der Waals surface area contributed by atoms with Crippen molar-refractivity contribution in [3.05, 3.63) is 41.7 Å². The van der Waals surface area contributed by atoms with Crippen molar-refractivity contribution in [2.75, 3.05) is 0 Å². The van der Waals surface area contributed by atoms with Gasteiger partial charge in [-0.1, -0.05) is 36.3 Å². The lowest BCUT2D eigenvalue weighted by Gasteiger charge is -2.24. The second-order valence-corrected chi connectivity index (χ2v) is 6.19. The van der Waals surface area contributed by atoms with Crippen LogP contribution in [0.15, 0.2) is 30.3 Å². The Hall–Kier alpha value is -2.25. The van der Waals surface area contributed by atoms with E-state index in [-0.39, 0.29) is 11.6 Å². The second kappa shape index (κ2) is 7.11. The van der Waals surface area contributed by atoms with Gasteiger partial charge in [0.1, 0.15) is 0 Å². The van der Waals surface area contributed by atoms with Gasteiger partial charge in [0.2, 0.25) is 0 Å². The fourth-order valence-electron chi connectivity index (χ4n) is 3.08. The molecule has 7 nitrogen and oxygen atoms in total. The summed E-state index contributed by atoms with van der Waals surface area (Å²) in [6.07, 6.45) is 1.12. The zero-order chi connectivity index (χ0) is 17.1. The number of hydrogen-bond acceptors (Lipinski definition) is 5. The van der Waals surface area contributed by atoms with Gasteiger partial charge in [0, 0.05) is 0 Å².